The molecule has 1 saturated heterocycles. The Hall–Kier alpha value is -1.06. The standard InChI is InChI=1S/C10H14N2O2/c13-9-5-11-10(14)12(9)8-4-6-1-2-7(8)3-6/h6-8H,1-5H2,(H,11,14). The van der Waals surface area contributed by atoms with Gasteiger partial charge in [0.2, 0.25) is 5.91 Å². The zero-order chi connectivity index (χ0) is 9.71. The molecule has 4 heteroatoms. The van der Waals surface area contributed by atoms with E-state index in [1.165, 1.54) is 24.2 Å². The average molecular weight is 194 g/mol. The summed E-state index contributed by atoms with van der Waals surface area (Å²) >= 11 is 0. The molecule has 2 aliphatic carbocycles. The van der Waals surface area contributed by atoms with Crippen LogP contribution in [0.25, 0.3) is 0 Å². The van der Waals surface area contributed by atoms with Gasteiger partial charge in [0.1, 0.15) is 0 Å². The Kier molecular flexibility index (Phi) is 1.60. The fourth-order valence-corrected chi connectivity index (χ4v) is 3.30. The van der Waals surface area contributed by atoms with E-state index in [1.54, 1.807) is 0 Å². The minimum Gasteiger partial charge on any atom is -0.329 e. The second kappa shape index (κ2) is 2.72. The first-order valence-corrected chi connectivity index (χ1v) is 5.35. The van der Waals surface area contributed by atoms with Crippen LogP contribution in [0, 0.1) is 11.8 Å². The van der Waals surface area contributed by atoms with Crippen molar-refractivity contribution >= 4 is 11.9 Å². The highest BCUT2D eigenvalue weighted by molar-refractivity contribution is 6.02. The Morgan fingerprint density at radius 2 is 2.07 bits per heavy atom. The molecule has 1 N–H and O–H groups in total. The molecule has 0 radical (unpaired) electrons. The van der Waals surface area contributed by atoms with Gasteiger partial charge in [-0.15, -0.1) is 0 Å². The molecular formula is C10H14N2O2. The van der Waals surface area contributed by atoms with E-state index >= 15 is 0 Å². The lowest BCUT2D eigenvalue weighted by atomic mass is 9.94. The molecule has 2 saturated carbocycles. The first-order valence-electron chi connectivity index (χ1n) is 5.35. The van der Waals surface area contributed by atoms with Crippen molar-refractivity contribution in [2.45, 2.75) is 31.7 Å². The highest BCUT2D eigenvalue weighted by Crippen LogP contribution is 2.46. The van der Waals surface area contributed by atoms with Crippen molar-refractivity contribution in [3.8, 4) is 0 Å². The van der Waals surface area contributed by atoms with Gasteiger partial charge < -0.3 is 5.32 Å². The first-order chi connectivity index (χ1) is 6.75. The molecule has 4 nitrogen and oxygen atoms in total. The molecule has 3 aliphatic rings. The number of imide groups is 1. The number of urea groups is 1. The van der Waals surface area contributed by atoms with E-state index in [2.05, 4.69) is 5.32 Å². The van der Waals surface area contributed by atoms with Gasteiger partial charge >= 0.3 is 6.03 Å². The van der Waals surface area contributed by atoms with Crippen LogP contribution >= 0.6 is 0 Å². The second-order valence-corrected chi connectivity index (χ2v) is 4.66. The highest BCUT2D eigenvalue weighted by Gasteiger charge is 2.47. The molecule has 0 aromatic carbocycles. The Morgan fingerprint density at radius 1 is 1.21 bits per heavy atom. The lowest BCUT2D eigenvalue weighted by Crippen LogP contribution is -2.43. The quantitative estimate of drug-likeness (QED) is 0.625. The summed E-state index contributed by atoms with van der Waals surface area (Å²) in [5, 5.41) is 2.59. The lowest BCUT2D eigenvalue weighted by Gasteiger charge is -2.28. The number of hydrogen-bond donors (Lipinski definition) is 1. The summed E-state index contributed by atoms with van der Waals surface area (Å²) in [6, 6.07) is 0.0382. The number of nitrogens with zero attached hydrogens (tertiary/aromatic N) is 1. The van der Waals surface area contributed by atoms with Gasteiger partial charge in [0.25, 0.3) is 0 Å². The molecule has 0 aromatic rings. The summed E-state index contributed by atoms with van der Waals surface area (Å²) in [5.41, 5.74) is 0. The van der Waals surface area contributed by atoms with Gasteiger partial charge in [0.05, 0.1) is 6.54 Å². The molecule has 0 aromatic heterocycles. The van der Waals surface area contributed by atoms with Crippen LogP contribution in [-0.2, 0) is 4.79 Å². The van der Waals surface area contributed by atoms with E-state index in [0.717, 1.165) is 12.3 Å². The molecular weight excluding hydrogens is 180 g/mol. The number of hydrogen-bond acceptors (Lipinski definition) is 2. The van der Waals surface area contributed by atoms with Crippen molar-refractivity contribution in [1.82, 2.24) is 10.2 Å². The van der Waals surface area contributed by atoms with Crippen LogP contribution in [0.1, 0.15) is 25.7 Å². The Morgan fingerprint density at radius 3 is 2.57 bits per heavy atom. The van der Waals surface area contributed by atoms with Crippen LogP contribution in [0.2, 0.25) is 0 Å². The van der Waals surface area contributed by atoms with Crippen LogP contribution in [0.5, 0.6) is 0 Å². The third-order valence-corrected chi connectivity index (χ3v) is 3.91. The van der Waals surface area contributed by atoms with E-state index in [-0.39, 0.29) is 24.5 Å². The molecule has 76 valence electrons. The Labute approximate surface area is 82.6 Å². The van der Waals surface area contributed by atoms with Gasteiger partial charge in [0, 0.05) is 6.04 Å². The smallest absolute Gasteiger partial charge is 0.324 e. The Bertz CT molecular complexity index is 286. The van der Waals surface area contributed by atoms with E-state index in [1.807, 2.05) is 0 Å². The Balaban J connectivity index is 1.82. The molecule has 2 bridgehead atoms. The normalized spacial score (nSPS) is 40.9. The molecule has 3 amide bonds. The van der Waals surface area contributed by atoms with Gasteiger partial charge in [-0.3, -0.25) is 9.69 Å². The zero-order valence-corrected chi connectivity index (χ0v) is 8.03. The van der Waals surface area contributed by atoms with Crippen molar-refractivity contribution in [1.29, 1.82) is 0 Å². The van der Waals surface area contributed by atoms with Crippen molar-refractivity contribution in [2.75, 3.05) is 6.54 Å². The van der Waals surface area contributed by atoms with Crippen LogP contribution in [0.15, 0.2) is 0 Å². The minimum atomic E-state index is -0.174. The van der Waals surface area contributed by atoms with Crippen molar-refractivity contribution in [2.24, 2.45) is 11.8 Å². The molecule has 1 aliphatic heterocycles. The zero-order valence-electron chi connectivity index (χ0n) is 8.03. The fourth-order valence-electron chi connectivity index (χ4n) is 3.30. The van der Waals surface area contributed by atoms with Crippen molar-refractivity contribution < 1.29 is 9.59 Å². The summed E-state index contributed by atoms with van der Waals surface area (Å²) in [6.07, 6.45) is 4.77. The maximum atomic E-state index is 11.5. The number of carbonyl (C=O) groups is 2. The van der Waals surface area contributed by atoms with E-state index in [0.29, 0.717) is 5.92 Å². The molecule has 3 atom stereocenters. The largest absolute Gasteiger partial charge is 0.329 e. The maximum absolute atomic E-state index is 11.5. The van der Waals surface area contributed by atoms with Gasteiger partial charge in [-0.25, -0.2) is 4.79 Å². The number of rotatable bonds is 1. The van der Waals surface area contributed by atoms with Crippen LogP contribution in [0.4, 0.5) is 4.79 Å². The minimum absolute atomic E-state index is 0.0347. The second-order valence-electron chi connectivity index (χ2n) is 4.66. The lowest BCUT2D eigenvalue weighted by molar-refractivity contribution is -0.127. The number of nitrogens with one attached hydrogen (secondary N) is 1. The van der Waals surface area contributed by atoms with Gasteiger partial charge in [0.15, 0.2) is 0 Å². The third kappa shape index (κ3) is 0.996. The summed E-state index contributed by atoms with van der Waals surface area (Å²) < 4.78 is 0. The summed E-state index contributed by atoms with van der Waals surface area (Å²) in [6.45, 7) is 0.201. The highest BCUT2D eigenvalue weighted by atomic mass is 16.2. The topological polar surface area (TPSA) is 49.4 Å². The van der Waals surface area contributed by atoms with Crippen LogP contribution < -0.4 is 5.32 Å². The molecule has 0 spiro atoms. The summed E-state index contributed by atoms with van der Waals surface area (Å²) in [5.74, 6) is 1.33. The summed E-state index contributed by atoms with van der Waals surface area (Å²) in [7, 11) is 0. The molecule has 3 unspecified atom stereocenters. The SMILES string of the molecule is O=C1CNC(=O)N1C1CC2CCC1C2. The number of fused-ring (bicyclic) bond motifs is 2. The van der Waals surface area contributed by atoms with Gasteiger partial charge in [-0.2, -0.15) is 0 Å². The van der Waals surface area contributed by atoms with Gasteiger partial charge in [-0.05, 0) is 31.1 Å². The molecule has 14 heavy (non-hydrogen) atoms. The number of carbonyl (C=O) groups excluding carboxylic acids is 2. The maximum Gasteiger partial charge on any atom is 0.324 e. The average Bonchev–Trinajstić information content (AvgIpc) is 2.81. The predicted molar refractivity (Wildman–Crippen MR) is 49.5 cm³/mol. The van der Waals surface area contributed by atoms with Crippen LogP contribution in [0.3, 0.4) is 0 Å². The van der Waals surface area contributed by atoms with Crippen LogP contribution in [-0.4, -0.2) is 29.4 Å². The van der Waals surface area contributed by atoms with Crippen molar-refractivity contribution in [3.05, 3.63) is 0 Å². The van der Waals surface area contributed by atoms with Crippen molar-refractivity contribution in [3.63, 3.8) is 0 Å². The van der Waals surface area contributed by atoms with E-state index < -0.39 is 0 Å². The molecule has 3 rings (SSSR count). The predicted octanol–water partition coefficient (Wildman–Crippen LogP) is 0.727. The fraction of sp³-hybridized carbons (Fsp3) is 0.800. The molecule has 1 heterocycles. The first kappa shape index (κ1) is 8.26. The van der Waals surface area contributed by atoms with Gasteiger partial charge in [-0.1, -0.05) is 6.42 Å². The van der Waals surface area contributed by atoms with E-state index in [4.69, 9.17) is 0 Å². The monoisotopic (exact) mass is 194 g/mol. The third-order valence-electron chi connectivity index (χ3n) is 3.91. The summed E-state index contributed by atoms with van der Waals surface area (Å²) in [4.78, 5) is 24.4. The molecule has 3 fully saturated rings. The number of amides is 3. The van der Waals surface area contributed by atoms with E-state index in [9.17, 15) is 9.59 Å².